The molecule has 24 heavy (non-hydrogen) atoms. The summed E-state index contributed by atoms with van der Waals surface area (Å²) in [6, 6.07) is 3.64. The van der Waals surface area contributed by atoms with E-state index < -0.39 is 47.9 Å². The number of benzene rings is 1. The number of alkyl halides is 5. The molecule has 0 amide bonds. The largest absolute Gasteiger partial charge is 0.418 e. The van der Waals surface area contributed by atoms with Gasteiger partial charge in [0.15, 0.2) is 0 Å². The van der Waals surface area contributed by atoms with Gasteiger partial charge in [-0.2, -0.15) is 22.0 Å². The Balaban J connectivity index is 2.29. The van der Waals surface area contributed by atoms with Gasteiger partial charge in [-0.25, -0.2) is 4.39 Å². The molecule has 1 aliphatic heterocycles. The molecule has 0 saturated heterocycles. The summed E-state index contributed by atoms with van der Waals surface area (Å²) in [7, 11) is 0. The minimum atomic E-state index is -5.00. The molecule has 0 saturated carbocycles. The van der Waals surface area contributed by atoms with E-state index in [1.54, 1.807) is 0 Å². The minimum absolute atomic E-state index is 0.0326. The molecule has 0 aliphatic carbocycles. The summed E-state index contributed by atoms with van der Waals surface area (Å²) in [5, 5.41) is -0.0680. The SMILES string of the molecule is O=C1c2c(C(F)(F)F)cc(-c3cc(F)cc(Cl)c3)n2CCC1(F)F. The van der Waals surface area contributed by atoms with E-state index in [4.69, 9.17) is 11.6 Å². The maximum Gasteiger partial charge on any atom is 0.418 e. The Hall–Kier alpha value is -1.96. The van der Waals surface area contributed by atoms with Crippen molar-refractivity contribution in [1.29, 1.82) is 0 Å². The van der Waals surface area contributed by atoms with E-state index in [9.17, 15) is 31.1 Å². The molecule has 2 heterocycles. The summed E-state index contributed by atoms with van der Waals surface area (Å²) in [5.74, 6) is -6.56. The van der Waals surface area contributed by atoms with Crippen LogP contribution in [0.1, 0.15) is 22.5 Å². The van der Waals surface area contributed by atoms with E-state index in [-0.39, 0.29) is 16.3 Å². The van der Waals surface area contributed by atoms with Crippen LogP contribution in [0.15, 0.2) is 24.3 Å². The van der Waals surface area contributed by atoms with Crippen LogP contribution >= 0.6 is 11.6 Å². The van der Waals surface area contributed by atoms with Crippen LogP contribution in [-0.4, -0.2) is 16.3 Å². The zero-order valence-electron chi connectivity index (χ0n) is 11.7. The van der Waals surface area contributed by atoms with Crippen molar-refractivity contribution in [2.24, 2.45) is 0 Å². The van der Waals surface area contributed by atoms with Crippen molar-refractivity contribution in [2.45, 2.75) is 25.1 Å². The smallest absolute Gasteiger partial charge is 0.337 e. The number of fused-ring (bicyclic) bond motifs is 1. The quantitative estimate of drug-likeness (QED) is 0.636. The molecule has 2 aromatic rings. The lowest BCUT2D eigenvalue weighted by Crippen LogP contribution is -2.38. The Morgan fingerprint density at radius 2 is 1.79 bits per heavy atom. The molecule has 0 radical (unpaired) electrons. The third-order valence-electron chi connectivity index (χ3n) is 3.76. The Morgan fingerprint density at radius 3 is 2.38 bits per heavy atom. The molecule has 3 rings (SSSR count). The first-order chi connectivity index (χ1) is 11.0. The van der Waals surface area contributed by atoms with E-state index in [2.05, 4.69) is 0 Å². The lowest BCUT2D eigenvalue weighted by atomic mass is 10.0. The van der Waals surface area contributed by atoms with Crippen LogP contribution in [0.5, 0.6) is 0 Å². The first-order valence-electron chi connectivity index (χ1n) is 6.70. The number of Topliss-reactive ketones (excluding diaryl/α,β-unsaturated/α-hetero) is 1. The lowest BCUT2D eigenvalue weighted by Gasteiger charge is -2.25. The number of rotatable bonds is 1. The number of hydrogen-bond donors (Lipinski definition) is 0. The molecule has 9 heteroatoms. The summed E-state index contributed by atoms with van der Waals surface area (Å²) >= 11 is 5.70. The predicted molar refractivity (Wildman–Crippen MR) is 73.7 cm³/mol. The second-order valence-electron chi connectivity index (χ2n) is 5.38. The normalized spacial score (nSPS) is 17.0. The molecule has 1 aliphatic rings. The van der Waals surface area contributed by atoms with Gasteiger partial charge in [0.1, 0.15) is 11.5 Å². The van der Waals surface area contributed by atoms with Gasteiger partial charge in [-0.15, -0.1) is 0 Å². The average molecular weight is 368 g/mol. The van der Waals surface area contributed by atoms with Crippen molar-refractivity contribution in [3.8, 4) is 11.3 Å². The van der Waals surface area contributed by atoms with Crippen LogP contribution in [0.3, 0.4) is 0 Å². The van der Waals surface area contributed by atoms with E-state index >= 15 is 0 Å². The van der Waals surface area contributed by atoms with Gasteiger partial charge in [-0.1, -0.05) is 11.6 Å². The van der Waals surface area contributed by atoms with E-state index in [1.165, 1.54) is 6.07 Å². The molecule has 2 nitrogen and oxygen atoms in total. The summed E-state index contributed by atoms with van der Waals surface area (Å²) < 4.78 is 81.0. The topological polar surface area (TPSA) is 22.0 Å². The third-order valence-corrected chi connectivity index (χ3v) is 3.98. The second kappa shape index (κ2) is 5.27. The first-order valence-corrected chi connectivity index (χ1v) is 7.08. The minimum Gasteiger partial charge on any atom is -0.337 e. The molecule has 0 bridgehead atoms. The Kier molecular flexibility index (Phi) is 3.71. The summed E-state index contributed by atoms with van der Waals surface area (Å²) in [4.78, 5) is 11.8. The van der Waals surface area contributed by atoms with Crippen molar-refractivity contribution in [2.75, 3.05) is 0 Å². The van der Waals surface area contributed by atoms with Gasteiger partial charge >= 0.3 is 12.1 Å². The fraction of sp³-hybridized carbons (Fsp3) is 0.267. The van der Waals surface area contributed by atoms with E-state index in [0.29, 0.717) is 6.07 Å². The highest BCUT2D eigenvalue weighted by Gasteiger charge is 2.50. The van der Waals surface area contributed by atoms with Crippen molar-refractivity contribution in [3.05, 3.63) is 46.4 Å². The van der Waals surface area contributed by atoms with E-state index in [0.717, 1.165) is 16.7 Å². The predicted octanol–water partition coefficient (Wildman–Crippen LogP) is 5.19. The maximum atomic E-state index is 13.6. The summed E-state index contributed by atoms with van der Waals surface area (Å²) in [5.41, 5.74) is -2.81. The third kappa shape index (κ3) is 2.68. The summed E-state index contributed by atoms with van der Waals surface area (Å²) in [6.45, 7) is -0.506. The lowest BCUT2D eigenvalue weighted by molar-refractivity contribution is -0.138. The standard InChI is InChI=1S/C15H8ClF6NO/c16-8-3-7(4-9(17)5-8)11-6-10(15(20,21)22)12-13(24)14(18,19)1-2-23(11)12/h3-6H,1-2H2. The van der Waals surface area contributed by atoms with Gasteiger partial charge in [0.2, 0.25) is 5.78 Å². The molecule has 0 atom stereocenters. The van der Waals surface area contributed by atoms with Crippen LogP contribution < -0.4 is 0 Å². The number of nitrogens with zero attached hydrogens (tertiary/aromatic N) is 1. The average Bonchev–Trinajstić information content (AvgIpc) is 2.82. The fourth-order valence-electron chi connectivity index (χ4n) is 2.72. The van der Waals surface area contributed by atoms with Crippen LogP contribution in [0.4, 0.5) is 26.3 Å². The molecule has 128 valence electrons. The second-order valence-corrected chi connectivity index (χ2v) is 5.82. The van der Waals surface area contributed by atoms with Gasteiger partial charge in [0, 0.05) is 29.2 Å². The van der Waals surface area contributed by atoms with Crippen molar-refractivity contribution < 1.29 is 31.1 Å². The van der Waals surface area contributed by atoms with E-state index in [1.807, 2.05) is 0 Å². The van der Waals surface area contributed by atoms with Crippen molar-refractivity contribution in [1.82, 2.24) is 4.57 Å². The number of carbonyl (C=O) groups excluding carboxylic acids is 1. The van der Waals surface area contributed by atoms with Gasteiger partial charge in [-0.3, -0.25) is 4.79 Å². The molecule has 1 aromatic heterocycles. The zero-order valence-corrected chi connectivity index (χ0v) is 12.5. The van der Waals surface area contributed by atoms with Crippen molar-refractivity contribution >= 4 is 17.4 Å². The Bertz CT molecular complexity index is 819. The fourth-order valence-corrected chi connectivity index (χ4v) is 2.94. The van der Waals surface area contributed by atoms with Gasteiger partial charge in [-0.05, 0) is 24.3 Å². The van der Waals surface area contributed by atoms with Crippen LogP contribution in [0.25, 0.3) is 11.3 Å². The number of aromatic nitrogens is 1. The number of hydrogen-bond acceptors (Lipinski definition) is 1. The molecule has 0 fully saturated rings. The summed E-state index contributed by atoms with van der Waals surface area (Å²) in [6.07, 6.45) is -5.93. The number of ketones is 1. The Labute approximate surface area is 136 Å². The molecule has 0 spiro atoms. The van der Waals surface area contributed by atoms with Gasteiger partial charge < -0.3 is 4.57 Å². The van der Waals surface area contributed by atoms with Crippen molar-refractivity contribution in [3.63, 3.8) is 0 Å². The molecular formula is C15H8ClF6NO. The highest BCUT2D eigenvalue weighted by atomic mass is 35.5. The zero-order chi connectivity index (χ0) is 17.9. The van der Waals surface area contributed by atoms with Crippen LogP contribution in [0, 0.1) is 5.82 Å². The monoisotopic (exact) mass is 367 g/mol. The Morgan fingerprint density at radius 1 is 1.12 bits per heavy atom. The van der Waals surface area contributed by atoms with Crippen LogP contribution in [0.2, 0.25) is 5.02 Å². The van der Waals surface area contributed by atoms with Crippen LogP contribution in [-0.2, 0) is 12.7 Å². The highest BCUT2D eigenvalue weighted by molar-refractivity contribution is 6.30. The highest BCUT2D eigenvalue weighted by Crippen LogP contribution is 2.43. The molecule has 1 aromatic carbocycles. The van der Waals surface area contributed by atoms with Gasteiger partial charge in [0.25, 0.3) is 0 Å². The van der Waals surface area contributed by atoms with Gasteiger partial charge in [0.05, 0.1) is 5.56 Å². The maximum absolute atomic E-state index is 13.6. The number of halogens is 7. The molecule has 0 N–H and O–H groups in total. The number of carbonyl (C=O) groups is 1. The first kappa shape index (κ1) is 16.9. The molecular weight excluding hydrogens is 360 g/mol. The molecule has 0 unspecified atom stereocenters.